The Bertz CT molecular complexity index is 1010. The van der Waals surface area contributed by atoms with Gasteiger partial charge in [0.2, 0.25) is 0 Å². The van der Waals surface area contributed by atoms with E-state index in [1.54, 1.807) is 18.2 Å². The van der Waals surface area contributed by atoms with Crippen LogP contribution in [0.4, 0.5) is 11.4 Å². The molecule has 0 saturated heterocycles. The lowest BCUT2D eigenvalue weighted by molar-refractivity contribution is -0.113. The van der Waals surface area contributed by atoms with Crippen molar-refractivity contribution in [2.24, 2.45) is 4.99 Å². The molecule has 0 N–H and O–H groups in total. The molecule has 2 aromatic carbocycles. The van der Waals surface area contributed by atoms with Crippen LogP contribution in [-0.4, -0.2) is 23.8 Å². The highest BCUT2D eigenvalue weighted by atomic mass is 35.5. The van der Waals surface area contributed by atoms with Gasteiger partial charge in [-0.25, -0.2) is 4.99 Å². The highest BCUT2D eigenvalue weighted by Gasteiger charge is 2.48. The molecule has 0 aromatic heterocycles. The highest BCUT2D eigenvalue weighted by Crippen LogP contribution is 2.50. The molecule has 0 radical (unpaired) electrons. The fourth-order valence-corrected chi connectivity index (χ4v) is 4.62. The van der Waals surface area contributed by atoms with Gasteiger partial charge in [0.25, 0.3) is 5.91 Å². The van der Waals surface area contributed by atoms with Gasteiger partial charge in [0.15, 0.2) is 0 Å². The Hall–Kier alpha value is -2.04. The van der Waals surface area contributed by atoms with Crippen molar-refractivity contribution in [2.75, 3.05) is 11.5 Å². The first-order valence-corrected chi connectivity index (χ1v) is 10.2. The van der Waals surface area contributed by atoms with Gasteiger partial charge in [-0.3, -0.25) is 4.79 Å². The summed E-state index contributed by atoms with van der Waals surface area (Å²) < 4.78 is 5.78. The van der Waals surface area contributed by atoms with E-state index in [1.807, 2.05) is 17.9 Å². The molecule has 4 rings (SSSR count). The molecular formula is C22H22Cl2N2O2. The number of hydrogen-bond acceptors (Lipinski definition) is 3. The number of aliphatic imine (C=N–C) groups is 1. The average molecular weight is 417 g/mol. The maximum Gasteiger partial charge on any atom is 0.278 e. The van der Waals surface area contributed by atoms with Gasteiger partial charge in [0.05, 0.1) is 28.0 Å². The number of ether oxygens (including phenoxy) is 1. The molecule has 146 valence electrons. The monoisotopic (exact) mass is 416 g/mol. The van der Waals surface area contributed by atoms with Crippen molar-refractivity contribution in [1.82, 2.24) is 0 Å². The zero-order valence-electron chi connectivity index (χ0n) is 16.3. The van der Waals surface area contributed by atoms with Crippen LogP contribution in [0, 0.1) is 0 Å². The van der Waals surface area contributed by atoms with Crippen LogP contribution in [0.15, 0.2) is 35.3 Å². The third-order valence-electron chi connectivity index (χ3n) is 5.39. The minimum Gasteiger partial charge on any atom is -0.494 e. The van der Waals surface area contributed by atoms with Crippen LogP contribution in [-0.2, 0) is 4.79 Å². The van der Waals surface area contributed by atoms with Crippen LogP contribution in [0.2, 0.25) is 10.0 Å². The molecule has 1 atom stereocenters. The smallest absolute Gasteiger partial charge is 0.278 e. The van der Waals surface area contributed by atoms with E-state index in [2.05, 4.69) is 31.8 Å². The number of rotatable bonds is 3. The molecule has 2 aliphatic rings. The Balaban J connectivity index is 1.94. The van der Waals surface area contributed by atoms with Gasteiger partial charge in [0.1, 0.15) is 11.5 Å². The zero-order chi connectivity index (χ0) is 20.2. The summed E-state index contributed by atoms with van der Waals surface area (Å²) >= 11 is 12.2. The molecule has 4 nitrogen and oxygen atoms in total. The fraction of sp³-hybridized carbons (Fsp3) is 0.364. The first kappa shape index (κ1) is 19.3. The van der Waals surface area contributed by atoms with E-state index < -0.39 is 0 Å². The van der Waals surface area contributed by atoms with Crippen LogP contribution in [0.3, 0.4) is 0 Å². The van der Waals surface area contributed by atoms with Gasteiger partial charge < -0.3 is 9.64 Å². The minimum absolute atomic E-state index is 0.0899. The third-order valence-corrected chi connectivity index (χ3v) is 6.13. The summed E-state index contributed by atoms with van der Waals surface area (Å²) in [5, 5.41) is 0.868. The second-order valence-electron chi connectivity index (χ2n) is 7.96. The summed E-state index contributed by atoms with van der Waals surface area (Å²) in [6, 6.07) is 9.10. The van der Waals surface area contributed by atoms with Crippen molar-refractivity contribution in [2.45, 2.75) is 45.6 Å². The molecule has 0 aliphatic carbocycles. The van der Waals surface area contributed by atoms with E-state index in [-0.39, 0.29) is 11.4 Å². The number of halogens is 2. The van der Waals surface area contributed by atoms with Gasteiger partial charge in [-0.1, -0.05) is 30.1 Å². The predicted octanol–water partition coefficient (Wildman–Crippen LogP) is 6.15. The molecule has 2 aliphatic heterocycles. The Morgan fingerprint density at radius 2 is 1.96 bits per heavy atom. The lowest BCUT2D eigenvalue weighted by atomic mass is 9.80. The molecule has 28 heavy (non-hydrogen) atoms. The van der Waals surface area contributed by atoms with E-state index >= 15 is 0 Å². The molecule has 0 fully saturated rings. The van der Waals surface area contributed by atoms with E-state index in [0.717, 1.165) is 29.0 Å². The molecule has 0 bridgehead atoms. The van der Waals surface area contributed by atoms with Crippen LogP contribution < -0.4 is 9.64 Å². The van der Waals surface area contributed by atoms with Crippen molar-refractivity contribution >= 4 is 46.2 Å². The lowest BCUT2D eigenvalue weighted by Crippen LogP contribution is -2.50. The summed E-state index contributed by atoms with van der Waals surface area (Å²) in [5.74, 6) is 0.990. The summed E-state index contributed by atoms with van der Waals surface area (Å²) in [6.45, 7) is 8.92. The van der Waals surface area contributed by atoms with Crippen molar-refractivity contribution in [1.29, 1.82) is 0 Å². The number of amides is 1. The zero-order valence-corrected chi connectivity index (χ0v) is 17.9. The first-order chi connectivity index (χ1) is 13.2. The molecule has 2 heterocycles. The minimum atomic E-state index is -0.291. The number of benzene rings is 2. The number of carbonyl (C=O) groups is 1. The highest BCUT2D eigenvalue weighted by molar-refractivity contribution is 6.55. The second-order valence-corrected chi connectivity index (χ2v) is 8.77. The van der Waals surface area contributed by atoms with Crippen LogP contribution in [0.5, 0.6) is 5.75 Å². The maximum atomic E-state index is 13.4. The number of carbonyl (C=O) groups excluding carboxylic acids is 1. The average Bonchev–Trinajstić information content (AvgIpc) is 2.89. The molecule has 0 spiro atoms. The summed E-state index contributed by atoms with van der Waals surface area (Å²) in [4.78, 5) is 20.0. The van der Waals surface area contributed by atoms with E-state index in [9.17, 15) is 4.79 Å². The van der Waals surface area contributed by atoms with Gasteiger partial charge in [0, 0.05) is 11.1 Å². The Morgan fingerprint density at radius 3 is 2.64 bits per heavy atom. The molecule has 1 amide bonds. The SMILES string of the molecule is CCOc1cc2c3c(c1)[C@@H](C)CC(C)(C)N3C(=O)C2=Nc1ccc(Cl)c(Cl)c1. The van der Waals surface area contributed by atoms with Crippen molar-refractivity contribution in [3.05, 3.63) is 51.5 Å². The normalized spacial score (nSPS) is 21.2. The Kier molecular flexibility index (Phi) is 4.67. The maximum absolute atomic E-state index is 13.4. The molecule has 6 heteroatoms. The van der Waals surface area contributed by atoms with Gasteiger partial charge in [-0.05, 0) is 69.0 Å². The lowest BCUT2D eigenvalue weighted by Gasteiger charge is -2.43. The van der Waals surface area contributed by atoms with Gasteiger partial charge in [-0.2, -0.15) is 0 Å². The molecule has 0 saturated carbocycles. The van der Waals surface area contributed by atoms with E-state index in [1.165, 1.54) is 0 Å². The number of anilines is 1. The standard InChI is InChI=1S/C22H22Cl2N2O2/c1-5-28-14-9-15-12(2)11-22(3,4)26-20(15)16(10-14)19(21(26)27)25-13-6-7-17(23)18(24)8-13/h6-10,12H,5,11H2,1-4H3/t12-/m0/s1. The summed E-state index contributed by atoms with van der Waals surface area (Å²) in [7, 11) is 0. The van der Waals surface area contributed by atoms with Crippen molar-refractivity contribution < 1.29 is 9.53 Å². The third kappa shape index (κ3) is 2.99. The fourth-order valence-electron chi connectivity index (χ4n) is 4.33. The number of hydrogen-bond donors (Lipinski definition) is 0. The second kappa shape index (κ2) is 6.78. The van der Waals surface area contributed by atoms with E-state index in [0.29, 0.717) is 34.0 Å². The van der Waals surface area contributed by atoms with E-state index in [4.69, 9.17) is 27.9 Å². The topological polar surface area (TPSA) is 41.9 Å². The van der Waals surface area contributed by atoms with Gasteiger partial charge >= 0.3 is 0 Å². The van der Waals surface area contributed by atoms with Crippen LogP contribution >= 0.6 is 23.2 Å². The molecular weight excluding hydrogens is 395 g/mol. The number of nitrogens with zero attached hydrogens (tertiary/aromatic N) is 2. The summed E-state index contributed by atoms with van der Waals surface area (Å²) in [5.41, 5.74) is 3.62. The van der Waals surface area contributed by atoms with Gasteiger partial charge in [-0.15, -0.1) is 0 Å². The van der Waals surface area contributed by atoms with Crippen molar-refractivity contribution in [3.63, 3.8) is 0 Å². The first-order valence-electron chi connectivity index (χ1n) is 9.42. The predicted molar refractivity (Wildman–Crippen MR) is 115 cm³/mol. The Labute approximate surface area is 175 Å². The van der Waals surface area contributed by atoms with Crippen LogP contribution in [0.25, 0.3) is 0 Å². The Morgan fingerprint density at radius 1 is 1.21 bits per heavy atom. The molecule has 0 unspecified atom stereocenters. The van der Waals surface area contributed by atoms with Crippen LogP contribution in [0.1, 0.15) is 51.2 Å². The quantitative estimate of drug-likeness (QED) is 0.602. The largest absolute Gasteiger partial charge is 0.494 e. The van der Waals surface area contributed by atoms with Crippen molar-refractivity contribution in [3.8, 4) is 5.75 Å². The molecule has 2 aromatic rings. The summed E-state index contributed by atoms with van der Waals surface area (Å²) in [6.07, 6.45) is 0.876.